The van der Waals surface area contributed by atoms with Crippen LogP contribution in [0.4, 0.5) is 0 Å². The third-order valence-corrected chi connectivity index (χ3v) is 1.87. The summed E-state index contributed by atoms with van der Waals surface area (Å²) in [6.45, 7) is 16.0. The molecule has 0 radical (unpaired) electrons. The van der Waals surface area contributed by atoms with Crippen LogP contribution in [0, 0.1) is 0 Å². The standard InChI is InChI=1S/C13H21N.C2H6/c1-6-13(14)9-12(11(4)5)8-7-10(2)3;1-2/h7-9H,2,6,14H2,1,3-5H3;1-2H3/b8-7-,13-9+;. The molecular weight excluding hydrogens is 194 g/mol. The fourth-order valence-corrected chi connectivity index (χ4v) is 0.893. The van der Waals surface area contributed by atoms with Gasteiger partial charge in [-0.3, -0.25) is 0 Å². The monoisotopic (exact) mass is 221 g/mol. The van der Waals surface area contributed by atoms with Crippen LogP contribution < -0.4 is 5.73 Å². The maximum absolute atomic E-state index is 5.79. The molecule has 0 saturated heterocycles. The molecule has 1 heteroatoms. The fourth-order valence-electron chi connectivity index (χ4n) is 0.893. The van der Waals surface area contributed by atoms with E-state index in [2.05, 4.69) is 33.4 Å². The van der Waals surface area contributed by atoms with Crippen LogP contribution in [0.2, 0.25) is 0 Å². The summed E-state index contributed by atoms with van der Waals surface area (Å²) in [5.74, 6) is 0. The molecule has 0 rings (SSSR count). The highest BCUT2D eigenvalue weighted by atomic mass is 14.6. The number of rotatable bonds is 4. The zero-order valence-corrected chi connectivity index (χ0v) is 11.7. The second-order valence-electron chi connectivity index (χ2n) is 3.71. The highest BCUT2D eigenvalue weighted by Gasteiger charge is 1.92. The lowest BCUT2D eigenvalue weighted by molar-refractivity contribution is 1.06. The first kappa shape index (κ1) is 17.2. The lowest BCUT2D eigenvalue weighted by Crippen LogP contribution is -1.95. The molecule has 0 aromatic carbocycles. The predicted molar refractivity (Wildman–Crippen MR) is 76.2 cm³/mol. The third kappa shape index (κ3) is 9.32. The second kappa shape index (κ2) is 10.3. The van der Waals surface area contributed by atoms with Gasteiger partial charge in [0.1, 0.15) is 0 Å². The number of allylic oxidation sites excluding steroid dienone is 7. The smallest absolute Gasteiger partial charge is 0.00836 e. The molecule has 0 aromatic rings. The van der Waals surface area contributed by atoms with Crippen molar-refractivity contribution in [3.05, 3.63) is 47.2 Å². The average molecular weight is 221 g/mol. The van der Waals surface area contributed by atoms with Gasteiger partial charge in [-0.05, 0) is 38.8 Å². The van der Waals surface area contributed by atoms with Gasteiger partial charge in [-0.25, -0.2) is 0 Å². The first-order valence-electron chi connectivity index (χ1n) is 5.94. The van der Waals surface area contributed by atoms with E-state index < -0.39 is 0 Å². The van der Waals surface area contributed by atoms with Gasteiger partial charge in [0.2, 0.25) is 0 Å². The van der Waals surface area contributed by atoms with E-state index >= 15 is 0 Å². The van der Waals surface area contributed by atoms with Crippen molar-refractivity contribution in [2.24, 2.45) is 5.73 Å². The molecular formula is C15H27N. The predicted octanol–water partition coefficient (Wildman–Crippen LogP) is 4.73. The van der Waals surface area contributed by atoms with Crippen molar-refractivity contribution < 1.29 is 0 Å². The summed E-state index contributed by atoms with van der Waals surface area (Å²) in [7, 11) is 0. The largest absolute Gasteiger partial charge is 0.402 e. The summed E-state index contributed by atoms with van der Waals surface area (Å²) >= 11 is 0. The molecule has 2 N–H and O–H groups in total. The van der Waals surface area contributed by atoms with E-state index in [1.54, 1.807) is 0 Å². The molecule has 0 fully saturated rings. The number of nitrogens with two attached hydrogens (primary N) is 1. The molecule has 16 heavy (non-hydrogen) atoms. The van der Waals surface area contributed by atoms with Crippen LogP contribution in [0.1, 0.15) is 48.0 Å². The number of hydrogen-bond acceptors (Lipinski definition) is 1. The van der Waals surface area contributed by atoms with Gasteiger partial charge in [-0.1, -0.05) is 50.6 Å². The van der Waals surface area contributed by atoms with Crippen LogP contribution in [-0.4, -0.2) is 0 Å². The Morgan fingerprint density at radius 1 is 1.12 bits per heavy atom. The topological polar surface area (TPSA) is 26.0 Å². The van der Waals surface area contributed by atoms with E-state index in [9.17, 15) is 0 Å². The second-order valence-corrected chi connectivity index (χ2v) is 3.71. The summed E-state index contributed by atoms with van der Waals surface area (Å²) in [5.41, 5.74) is 10.2. The lowest BCUT2D eigenvalue weighted by Gasteiger charge is -2.01. The molecule has 0 amide bonds. The molecule has 0 aliphatic carbocycles. The van der Waals surface area contributed by atoms with Crippen molar-refractivity contribution >= 4 is 0 Å². The zero-order chi connectivity index (χ0) is 13.1. The molecule has 0 unspecified atom stereocenters. The van der Waals surface area contributed by atoms with Gasteiger partial charge in [-0.2, -0.15) is 0 Å². The minimum atomic E-state index is 0.887. The van der Waals surface area contributed by atoms with Crippen LogP contribution >= 0.6 is 0 Å². The molecule has 0 aliphatic rings. The normalized spacial score (nSPS) is 10.8. The third-order valence-electron chi connectivity index (χ3n) is 1.87. The lowest BCUT2D eigenvalue weighted by atomic mass is 10.1. The Kier molecular flexibility index (Phi) is 11.0. The Morgan fingerprint density at radius 3 is 1.94 bits per heavy atom. The van der Waals surface area contributed by atoms with E-state index in [0.29, 0.717) is 0 Å². The van der Waals surface area contributed by atoms with Gasteiger partial charge >= 0.3 is 0 Å². The average Bonchev–Trinajstić information content (AvgIpc) is 2.25. The van der Waals surface area contributed by atoms with E-state index in [0.717, 1.165) is 17.7 Å². The molecule has 0 atom stereocenters. The van der Waals surface area contributed by atoms with Gasteiger partial charge in [0, 0.05) is 5.70 Å². The Balaban J connectivity index is 0. The molecule has 0 spiro atoms. The Morgan fingerprint density at radius 2 is 1.62 bits per heavy atom. The SMILES string of the molecule is C=C(C)/C=C\C(/C=C(/N)CC)=C(C)C.CC. The Bertz CT molecular complexity index is 287. The molecule has 0 saturated carbocycles. The molecule has 0 bridgehead atoms. The quantitative estimate of drug-likeness (QED) is 0.682. The van der Waals surface area contributed by atoms with Crippen molar-refractivity contribution in [2.45, 2.75) is 48.0 Å². The molecule has 0 aliphatic heterocycles. The highest BCUT2D eigenvalue weighted by molar-refractivity contribution is 5.38. The minimum Gasteiger partial charge on any atom is -0.402 e. The van der Waals surface area contributed by atoms with E-state index in [4.69, 9.17) is 5.73 Å². The van der Waals surface area contributed by atoms with E-state index in [-0.39, 0.29) is 0 Å². The molecule has 92 valence electrons. The van der Waals surface area contributed by atoms with Gasteiger partial charge in [0.15, 0.2) is 0 Å². The van der Waals surface area contributed by atoms with Crippen molar-refractivity contribution in [3.63, 3.8) is 0 Å². The summed E-state index contributed by atoms with van der Waals surface area (Å²) in [4.78, 5) is 0. The molecule has 1 nitrogen and oxygen atoms in total. The van der Waals surface area contributed by atoms with Gasteiger partial charge in [0.25, 0.3) is 0 Å². The first-order chi connectivity index (χ1) is 7.47. The molecule has 0 aromatic heterocycles. The van der Waals surface area contributed by atoms with E-state index in [1.165, 1.54) is 11.1 Å². The first-order valence-corrected chi connectivity index (χ1v) is 5.94. The van der Waals surface area contributed by atoms with Crippen LogP contribution in [0.25, 0.3) is 0 Å². The van der Waals surface area contributed by atoms with Gasteiger partial charge < -0.3 is 5.73 Å². The van der Waals surface area contributed by atoms with Crippen LogP contribution in [0.15, 0.2) is 47.2 Å². The van der Waals surface area contributed by atoms with Gasteiger partial charge in [-0.15, -0.1) is 0 Å². The van der Waals surface area contributed by atoms with Crippen molar-refractivity contribution in [2.75, 3.05) is 0 Å². The fraction of sp³-hybridized carbons (Fsp3) is 0.467. The Hall–Kier alpha value is -1.24. The van der Waals surface area contributed by atoms with Crippen LogP contribution in [0.3, 0.4) is 0 Å². The molecule has 0 heterocycles. The summed E-state index contributed by atoms with van der Waals surface area (Å²) in [6, 6.07) is 0. The van der Waals surface area contributed by atoms with Crippen LogP contribution in [-0.2, 0) is 0 Å². The highest BCUT2D eigenvalue weighted by Crippen LogP contribution is 2.10. The summed E-state index contributed by atoms with van der Waals surface area (Å²) < 4.78 is 0. The van der Waals surface area contributed by atoms with Crippen LogP contribution in [0.5, 0.6) is 0 Å². The minimum absolute atomic E-state index is 0.887. The maximum atomic E-state index is 5.79. The zero-order valence-electron chi connectivity index (χ0n) is 11.7. The Labute approximate surface area is 101 Å². The van der Waals surface area contributed by atoms with Gasteiger partial charge in [0.05, 0.1) is 0 Å². The van der Waals surface area contributed by atoms with Crippen molar-refractivity contribution in [1.29, 1.82) is 0 Å². The maximum Gasteiger partial charge on any atom is 0.00836 e. The van der Waals surface area contributed by atoms with Crippen molar-refractivity contribution in [1.82, 2.24) is 0 Å². The van der Waals surface area contributed by atoms with Crippen molar-refractivity contribution in [3.8, 4) is 0 Å². The summed E-state index contributed by atoms with van der Waals surface area (Å²) in [5, 5.41) is 0. The summed E-state index contributed by atoms with van der Waals surface area (Å²) in [6.07, 6.45) is 6.97. The number of hydrogen-bond donors (Lipinski definition) is 1. The van der Waals surface area contributed by atoms with E-state index in [1.807, 2.05) is 32.9 Å².